The molecule has 0 radical (unpaired) electrons. The fourth-order valence-electron chi connectivity index (χ4n) is 2.70. The quantitative estimate of drug-likeness (QED) is 0.452. The van der Waals surface area contributed by atoms with Crippen molar-refractivity contribution >= 4 is 34.7 Å². The normalized spacial score (nSPS) is 11.9. The number of amides is 1. The molecule has 0 saturated carbocycles. The van der Waals surface area contributed by atoms with Gasteiger partial charge in [-0.05, 0) is 42.6 Å². The average Bonchev–Trinajstić information content (AvgIpc) is 3.39. The van der Waals surface area contributed by atoms with E-state index in [4.69, 9.17) is 0 Å². The van der Waals surface area contributed by atoms with Crippen LogP contribution in [0.25, 0.3) is 16.4 Å². The maximum atomic E-state index is 12.6. The number of nitrogens with zero attached hydrogens (tertiary/aromatic N) is 3. The Labute approximate surface area is 171 Å². The van der Waals surface area contributed by atoms with Crippen molar-refractivity contribution in [3.05, 3.63) is 78.2 Å². The number of anilines is 1. The van der Waals surface area contributed by atoms with Crippen molar-refractivity contribution in [2.24, 2.45) is 0 Å². The maximum Gasteiger partial charge on any atom is 0.237 e. The van der Waals surface area contributed by atoms with Gasteiger partial charge in [-0.25, -0.2) is 0 Å². The Morgan fingerprint density at radius 2 is 1.71 bits per heavy atom. The first-order valence-corrected chi connectivity index (χ1v) is 10.6. The van der Waals surface area contributed by atoms with Gasteiger partial charge in [-0.3, -0.25) is 9.36 Å². The summed E-state index contributed by atoms with van der Waals surface area (Å²) in [5, 5.41) is 14.1. The molecule has 2 aromatic carbocycles. The SMILES string of the molecule is CC(Sc1nnc(-c2cccs2)n1-c1ccccc1)C(=O)Nc1ccccc1. The third-order valence-corrected chi connectivity index (χ3v) is 5.99. The number of hydrogen-bond acceptors (Lipinski definition) is 5. The van der Waals surface area contributed by atoms with E-state index >= 15 is 0 Å². The Hall–Kier alpha value is -2.90. The highest BCUT2D eigenvalue weighted by Gasteiger charge is 2.22. The third-order valence-electron chi connectivity index (χ3n) is 4.08. The van der Waals surface area contributed by atoms with E-state index in [1.54, 1.807) is 11.3 Å². The molecular formula is C21H18N4OS2. The van der Waals surface area contributed by atoms with Crippen molar-refractivity contribution in [3.63, 3.8) is 0 Å². The first kappa shape index (κ1) is 18.5. The van der Waals surface area contributed by atoms with Crippen molar-refractivity contribution < 1.29 is 4.79 Å². The number of hydrogen-bond donors (Lipinski definition) is 1. The van der Waals surface area contributed by atoms with E-state index in [-0.39, 0.29) is 11.2 Å². The van der Waals surface area contributed by atoms with Crippen LogP contribution in [-0.2, 0) is 4.79 Å². The fourth-order valence-corrected chi connectivity index (χ4v) is 4.26. The van der Waals surface area contributed by atoms with Crippen LogP contribution in [0.5, 0.6) is 0 Å². The number of benzene rings is 2. The minimum absolute atomic E-state index is 0.0727. The number of nitrogens with one attached hydrogen (secondary N) is 1. The van der Waals surface area contributed by atoms with Crippen LogP contribution >= 0.6 is 23.1 Å². The average molecular weight is 407 g/mol. The maximum absolute atomic E-state index is 12.6. The molecule has 0 saturated heterocycles. The molecule has 28 heavy (non-hydrogen) atoms. The van der Waals surface area contributed by atoms with Crippen LogP contribution in [0, 0.1) is 0 Å². The first-order chi connectivity index (χ1) is 13.7. The van der Waals surface area contributed by atoms with Gasteiger partial charge >= 0.3 is 0 Å². The molecule has 2 aromatic heterocycles. The van der Waals surface area contributed by atoms with E-state index in [1.165, 1.54) is 11.8 Å². The van der Waals surface area contributed by atoms with Crippen LogP contribution < -0.4 is 5.32 Å². The third kappa shape index (κ3) is 4.00. The van der Waals surface area contributed by atoms with E-state index in [0.717, 1.165) is 22.1 Å². The molecule has 1 unspecified atom stereocenters. The predicted octanol–water partition coefficient (Wildman–Crippen LogP) is 5.12. The van der Waals surface area contributed by atoms with Crippen molar-refractivity contribution in [2.75, 3.05) is 5.32 Å². The number of aromatic nitrogens is 3. The molecule has 0 aliphatic heterocycles. The summed E-state index contributed by atoms with van der Waals surface area (Å²) in [6.45, 7) is 1.87. The molecule has 1 amide bonds. The van der Waals surface area contributed by atoms with Gasteiger partial charge in [0.1, 0.15) is 0 Å². The molecule has 0 bridgehead atoms. The highest BCUT2D eigenvalue weighted by molar-refractivity contribution is 8.00. The number of rotatable bonds is 6. The van der Waals surface area contributed by atoms with Crippen LogP contribution in [0.4, 0.5) is 5.69 Å². The van der Waals surface area contributed by atoms with Gasteiger partial charge in [-0.15, -0.1) is 21.5 Å². The number of para-hydroxylation sites is 2. The molecule has 0 aliphatic carbocycles. The zero-order valence-corrected chi connectivity index (χ0v) is 16.8. The molecular weight excluding hydrogens is 388 g/mol. The Morgan fingerprint density at radius 1 is 1.00 bits per heavy atom. The van der Waals surface area contributed by atoms with E-state index in [0.29, 0.717) is 5.16 Å². The number of thioether (sulfide) groups is 1. The van der Waals surface area contributed by atoms with Gasteiger partial charge in [0.25, 0.3) is 0 Å². The summed E-state index contributed by atoms with van der Waals surface area (Å²) in [4.78, 5) is 13.6. The molecule has 1 N–H and O–H groups in total. The van der Waals surface area contributed by atoms with E-state index < -0.39 is 0 Å². The molecule has 4 aromatic rings. The van der Waals surface area contributed by atoms with Crippen LogP contribution in [0.3, 0.4) is 0 Å². The Morgan fingerprint density at radius 3 is 2.39 bits per heavy atom. The van der Waals surface area contributed by atoms with Gasteiger partial charge in [0.2, 0.25) is 5.91 Å². The van der Waals surface area contributed by atoms with Gasteiger partial charge in [0.05, 0.1) is 10.1 Å². The van der Waals surface area contributed by atoms with Crippen LogP contribution in [0.15, 0.2) is 83.3 Å². The standard InChI is InChI=1S/C21H18N4OS2/c1-15(20(26)22-16-9-4-2-5-10-16)28-21-24-23-19(18-13-8-14-27-18)25(21)17-11-6-3-7-12-17/h2-15H,1H3,(H,22,26). The lowest BCUT2D eigenvalue weighted by Gasteiger charge is -2.13. The first-order valence-electron chi connectivity index (χ1n) is 8.79. The number of carbonyl (C=O) groups is 1. The highest BCUT2D eigenvalue weighted by Crippen LogP contribution is 2.32. The van der Waals surface area contributed by atoms with Gasteiger partial charge in [-0.1, -0.05) is 54.2 Å². The summed E-state index contributed by atoms with van der Waals surface area (Å²) < 4.78 is 2.00. The summed E-state index contributed by atoms with van der Waals surface area (Å²) in [5.74, 6) is 0.704. The molecule has 5 nitrogen and oxygen atoms in total. The van der Waals surface area contributed by atoms with Crippen LogP contribution in [0.2, 0.25) is 0 Å². The molecule has 0 fully saturated rings. The highest BCUT2D eigenvalue weighted by atomic mass is 32.2. The molecule has 1 atom stereocenters. The zero-order chi connectivity index (χ0) is 19.3. The van der Waals surface area contributed by atoms with Gasteiger partial charge < -0.3 is 5.32 Å². The summed E-state index contributed by atoms with van der Waals surface area (Å²) in [6, 6.07) is 23.4. The van der Waals surface area contributed by atoms with E-state index in [2.05, 4.69) is 15.5 Å². The van der Waals surface area contributed by atoms with E-state index in [9.17, 15) is 4.79 Å². The summed E-state index contributed by atoms with van der Waals surface area (Å²) in [6.07, 6.45) is 0. The summed E-state index contributed by atoms with van der Waals surface area (Å²) >= 11 is 3.01. The van der Waals surface area contributed by atoms with Crippen molar-refractivity contribution in [1.82, 2.24) is 14.8 Å². The lowest BCUT2D eigenvalue weighted by Crippen LogP contribution is -2.22. The van der Waals surface area contributed by atoms with Crippen molar-refractivity contribution in [3.8, 4) is 16.4 Å². The van der Waals surface area contributed by atoms with Crippen molar-refractivity contribution in [2.45, 2.75) is 17.3 Å². The molecule has 4 rings (SSSR count). The van der Waals surface area contributed by atoms with Crippen molar-refractivity contribution in [1.29, 1.82) is 0 Å². The molecule has 2 heterocycles. The lowest BCUT2D eigenvalue weighted by molar-refractivity contribution is -0.115. The van der Waals surface area contributed by atoms with E-state index in [1.807, 2.05) is 89.7 Å². The lowest BCUT2D eigenvalue weighted by atomic mass is 10.3. The van der Waals surface area contributed by atoms with Gasteiger partial charge in [0, 0.05) is 11.4 Å². The monoisotopic (exact) mass is 406 g/mol. The minimum atomic E-state index is -0.331. The number of carbonyl (C=O) groups excluding carboxylic acids is 1. The molecule has 7 heteroatoms. The minimum Gasteiger partial charge on any atom is -0.325 e. The summed E-state index contributed by atoms with van der Waals surface area (Å²) in [7, 11) is 0. The second kappa shape index (κ2) is 8.41. The topological polar surface area (TPSA) is 59.8 Å². The number of thiophene rings is 1. The fraction of sp³-hybridized carbons (Fsp3) is 0.0952. The van der Waals surface area contributed by atoms with Gasteiger partial charge in [0.15, 0.2) is 11.0 Å². The smallest absolute Gasteiger partial charge is 0.237 e. The predicted molar refractivity (Wildman–Crippen MR) is 115 cm³/mol. The zero-order valence-electron chi connectivity index (χ0n) is 15.1. The second-order valence-electron chi connectivity index (χ2n) is 6.07. The molecule has 0 spiro atoms. The van der Waals surface area contributed by atoms with Crippen LogP contribution in [0.1, 0.15) is 6.92 Å². The molecule has 0 aliphatic rings. The largest absolute Gasteiger partial charge is 0.325 e. The Kier molecular flexibility index (Phi) is 5.55. The van der Waals surface area contributed by atoms with Gasteiger partial charge in [-0.2, -0.15) is 0 Å². The Bertz CT molecular complexity index is 1050. The second-order valence-corrected chi connectivity index (χ2v) is 8.33. The Balaban J connectivity index is 1.62. The summed E-state index contributed by atoms with van der Waals surface area (Å²) in [5.41, 5.74) is 1.75. The molecule has 140 valence electrons. The van der Waals surface area contributed by atoms with Crippen LogP contribution in [-0.4, -0.2) is 25.9 Å².